The molecule has 24 heavy (non-hydrogen) atoms. The Labute approximate surface area is 146 Å². The van der Waals surface area contributed by atoms with Crippen LogP contribution in [0.2, 0.25) is 5.15 Å². The lowest BCUT2D eigenvalue weighted by atomic mass is 9.84. The van der Waals surface area contributed by atoms with Crippen LogP contribution in [-0.4, -0.2) is 12.1 Å². The highest BCUT2D eigenvalue weighted by Gasteiger charge is 2.48. The summed E-state index contributed by atoms with van der Waals surface area (Å²) in [5.74, 6) is 0.853. The van der Waals surface area contributed by atoms with Crippen molar-refractivity contribution in [1.29, 1.82) is 0 Å². The number of methoxy groups -OCH3 is 1. The summed E-state index contributed by atoms with van der Waals surface area (Å²) in [6.07, 6.45) is 2.25. The maximum absolute atomic E-state index is 6.15. The van der Waals surface area contributed by atoms with Crippen LogP contribution in [0, 0.1) is 0 Å². The first-order valence-corrected chi connectivity index (χ1v) is 8.18. The summed E-state index contributed by atoms with van der Waals surface area (Å²) in [4.78, 5) is 4.58. The first-order chi connectivity index (χ1) is 11.7. The van der Waals surface area contributed by atoms with Gasteiger partial charge in [0.2, 0.25) is 0 Å². The molecule has 2 nitrogen and oxygen atoms in total. The molecular weight excluding hydrogens is 318 g/mol. The second kappa shape index (κ2) is 5.81. The maximum Gasteiger partial charge on any atom is 0.129 e. The molecule has 0 saturated carbocycles. The first-order valence-electron chi connectivity index (χ1n) is 7.80. The first kappa shape index (κ1) is 15.0. The van der Waals surface area contributed by atoms with Crippen LogP contribution in [0.25, 0.3) is 5.57 Å². The summed E-state index contributed by atoms with van der Waals surface area (Å²) in [7, 11) is 1.68. The Hall–Kier alpha value is -2.58. The highest BCUT2D eigenvalue weighted by atomic mass is 35.5. The quantitative estimate of drug-likeness (QED) is 0.618. The average Bonchev–Trinajstić information content (AvgIpc) is 3.40. The number of allylic oxidation sites excluding steroid dienone is 2. The summed E-state index contributed by atoms with van der Waals surface area (Å²) in [5, 5.41) is 0.511. The van der Waals surface area contributed by atoms with E-state index in [1.807, 2.05) is 30.3 Å². The highest BCUT2D eigenvalue weighted by Crippen LogP contribution is 2.56. The van der Waals surface area contributed by atoms with E-state index in [0.717, 1.165) is 11.4 Å². The predicted molar refractivity (Wildman–Crippen MR) is 97.4 cm³/mol. The number of benzene rings is 2. The minimum Gasteiger partial charge on any atom is -0.497 e. The molecule has 4 rings (SSSR count). The summed E-state index contributed by atoms with van der Waals surface area (Å²) in [5.41, 5.74) is 4.26. The van der Waals surface area contributed by atoms with Gasteiger partial charge in [0, 0.05) is 0 Å². The molecule has 0 N–H and O–H groups in total. The third kappa shape index (κ3) is 2.40. The Morgan fingerprint density at radius 2 is 1.62 bits per heavy atom. The lowest BCUT2D eigenvalue weighted by Gasteiger charge is -2.19. The van der Waals surface area contributed by atoms with Gasteiger partial charge in [-0.2, -0.15) is 0 Å². The van der Waals surface area contributed by atoms with E-state index >= 15 is 0 Å². The van der Waals surface area contributed by atoms with Gasteiger partial charge in [-0.3, -0.25) is 0 Å². The van der Waals surface area contributed by atoms with Crippen molar-refractivity contribution in [3.63, 3.8) is 0 Å². The molecule has 3 aromatic rings. The van der Waals surface area contributed by atoms with Crippen LogP contribution in [-0.2, 0) is 5.41 Å². The summed E-state index contributed by atoms with van der Waals surface area (Å²) in [6, 6.07) is 24.3. The van der Waals surface area contributed by atoms with Gasteiger partial charge < -0.3 is 4.74 Å². The minimum atomic E-state index is -0.305. The van der Waals surface area contributed by atoms with Gasteiger partial charge in [0.25, 0.3) is 0 Å². The Morgan fingerprint density at radius 3 is 2.29 bits per heavy atom. The average molecular weight is 334 g/mol. The zero-order chi connectivity index (χ0) is 16.6. The van der Waals surface area contributed by atoms with Crippen molar-refractivity contribution in [2.24, 2.45) is 0 Å². The molecule has 1 aromatic heterocycles. The second-order valence-corrected chi connectivity index (χ2v) is 6.19. The zero-order valence-electron chi connectivity index (χ0n) is 13.2. The molecule has 118 valence electrons. The molecule has 0 amide bonds. The fourth-order valence-electron chi connectivity index (χ4n) is 3.19. The van der Waals surface area contributed by atoms with Gasteiger partial charge in [0.05, 0.1) is 18.2 Å². The number of hydrogen-bond acceptors (Lipinski definition) is 2. The number of ether oxygens (including phenoxy) is 1. The number of nitrogens with zero attached hydrogens (tertiary/aromatic N) is 1. The lowest BCUT2D eigenvalue weighted by molar-refractivity contribution is 0.415. The highest BCUT2D eigenvalue weighted by molar-refractivity contribution is 6.29. The Morgan fingerprint density at radius 1 is 0.875 bits per heavy atom. The topological polar surface area (TPSA) is 22.1 Å². The van der Waals surface area contributed by atoms with Gasteiger partial charge in [-0.25, -0.2) is 4.98 Å². The monoisotopic (exact) mass is 333 g/mol. The van der Waals surface area contributed by atoms with Crippen LogP contribution in [0.3, 0.4) is 0 Å². The molecule has 1 atom stereocenters. The maximum atomic E-state index is 6.15. The van der Waals surface area contributed by atoms with E-state index in [-0.39, 0.29) is 5.41 Å². The van der Waals surface area contributed by atoms with Crippen LogP contribution in [0.1, 0.15) is 16.8 Å². The molecule has 0 radical (unpaired) electrons. The van der Waals surface area contributed by atoms with Gasteiger partial charge in [0.15, 0.2) is 0 Å². The predicted octanol–water partition coefficient (Wildman–Crippen LogP) is 5.13. The SMILES string of the molecule is COc1ccc(C2=CC2(c2ccccc2)c2cccc(Cl)n2)cc1. The van der Waals surface area contributed by atoms with Crippen molar-refractivity contribution < 1.29 is 4.74 Å². The van der Waals surface area contributed by atoms with Gasteiger partial charge >= 0.3 is 0 Å². The van der Waals surface area contributed by atoms with Crippen LogP contribution in [0.4, 0.5) is 0 Å². The molecule has 0 aliphatic heterocycles. The van der Waals surface area contributed by atoms with Crippen LogP contribution < -0.4 is 4.74 Å². The molecule has 1 heterocycles. The van der Waals surface area contributed by atoms with E-state index in [9.17, 15) is 0 Å². The van der Waals surface area contributed by atoms with Crippen LogP contribution >= 0.6 is 11.6 Å². The largest absolute Gasteiger partial charge is 0.497 e. The minimum absolute atomic E-state index is 0.305. The summed E-state index contributed by atoms with van der Waals surface area (Å²) in [6.45, 7) is 0. The third-order valence-electron chi connectivity index (χ3n) is 4.45. The van der Waals surface area contributed by atoms with E-state index in [1.54, 1.807) is 13.2 Å². The molecule has 2 aromatic carbocycles. The van der Waals surface area contributed by atoms with Crippen molar-refractivity contribution >= 4 is 17.2 Å². The van der Waals surface area contributed by atoms with Crippen LogP contribution in [0.5, 0.6) is 5.75 Å². The molecule has 3 heteroatoms. The molecule has 0 fully saturated rings. The fraction of sp³-hybridized carbons (Fsp3) is 0.0952. The molecular formula is C21H16ClNO. The molecule has 0 spiro atoms. The van der Waals surface area contributed by atoms with E-state index in [0.29, 0.717) is 5.15 Å². The number of pyridine rings is 1. The van der Waals surface area contributed by atoms with Gasteiger partial charge in [-0.1, -0.05) is 66.2 Å². The standard InChI is InChI=1S/C21H16ClNO/c1-24-17-12-10-15(11-13-17)18-14-21(18,16-6-3-2-4-7-16)19-8-5-9-20(22)23-19/h2-14H,1H3. The summed E-state index contributed by atoms with van der Waals surface area (Å²) >= 11 is 6.15. The van der Waals surface area contributed by atoms with E-state index in [2.05, 4.69) is 47.5 Å². The van der Waals surface area contributed by atoms with E-state index in [1.165, 1.54) is 16.7 Å². The van der Waals surface area contributed by atoms with Crippen molar-refractivity contribution in [3.05, 3.63) is 101 Å². The Kier molecular flexibility index (Phi) is 3.62. The number of aromatic nitrogens is 1. The molecule has 0 saturated heterocycles. The van der Waals surface area contributed by atoms with Crippen molar-refractivity contribution in [2.45, 2.75) is 5.41 Å². The lowest BCUT2D eigenvalue weighted by Crippen LogP contribution is -2.15. The van der Waals surface area contributed by atoms with Crippen LogP contribution in [0.15, 0.2) is 78.9 Å². The van der Waals surface area contributed by atoms with E-state index < -0.39 is 0 Å². The second-order valence-electron chi connectivity index (χ2n) is 5.81. The van der Waals surface area contributed by atoms with E-state index in [4.69, 9.17) is 16.3 Å². The zero-order valence-corrected chi connectivity index (χ0v) is 14.0. The van der Waals surface area contributed by atoms with Crippen molar-refractivity contribution in [3.8, 4) is 5.75 Å². The molecule has 1 aliphatic rings. The van der Waals surface area contributed by atoms with Crippen molar-refractivity contribution in [1.82, 2.24) is 4.98 Å². The normalized spacial score (nSPS) is 18.8. The molecule has 0 bridgehead atoms. The molecule has 1 unspecified atom stereocenters. The Balaban J connectivity index is 1.80. The number of rotatable bonds is 4. The molecule has 1 aliphatic carbocycles. The Bertz CT molecular complexity index is 903. The van der Waals surface area contributed by atoms with Gasteiger partial charge in [-0.15, -0.1) is 0 Å². The third-order valence-corrected chi connectivity index (χ3v) is 4.66. The van der Waals surface area contributed by atoms with Crippen molar-refractivity contribution in [2.75, 3.05) is 7.11 Å². The summed E-state index contributed by atoms with van der Waals surface area (Å²) < 4.78 is 5.26. The fourth-order valence-corrected chi connectivity index (χ4v) is 3.35. The van der Waals surface area contributed by atoms with Gasteiger partial charge in [0.1, 0.15) is 10.9 Å². The smallest absolute Gasteiger partial charge is 0.129 e. The number of halogens is 1. The number of hydrogen-bond donors (Lipinski definition) is 0. The van der Waals surface area contributed by atoms with Gasteiger partial charge in [-0.05, 0) is 41.0 Å².